The molecule has 1 saturated heterocycles. The van der Waals surface area contributed by atoms with Crippen LogP contribution in [0.25, 0.3) is 0 Å². The van der Waals surface area contributed by atoms with Gasteiger partial charge in [-0.1, -0.05) is 32.4 Å². The average molecular weight is 327 g/mol. The summed E-state index contributed by atoms with van der Waals surface area (Å²) in [5, 5.41) is 0. The van der Waals surface area contributed by atoms with Gasteiger partial charge in [0.2, 0.25) is 0 Å². The molecule has 0 saturated carbocycles. The van der Waals surface area contributed by atoms with E-state index in [-0.39, 0.29) is 5.60 Å². The van der Waals surface area contributed by atoms with Gasteiger partial charge >= 0.3 is 0 Å². The minimum atomic E-state index is -0.0855. The van der Waals surface area contributed by atoms with Crippen molar-refractivity contribution in [2.75, 3.05) is 6.61 Å². The second kappa shape index (κ2) is 6.27. The molecule has 0 aliphatic carbocycles. The zero-order chi connectivity index (χ0) is 13.9. The normalized spacial score (nSPS) is 20.9. The van der Waals surface area contributed by atoms with E-state index in [4.69, 9.17) is 9.47 Å². The van der Waals surface area contributed by atoms with Gasteiger partial charge in [-0.05, 0) is 47.3 Å². The van der Waals surface area contributed by atoms with Gasteiger partial charge in [0.15, 0.2) is 0 Å². The van der Waals surface area contributed by atoms with Gasteiger partial charge in [0, 0.05) is 6.42 Å². The van der Waals surface area contributed by atoms with Gasteiger partial charge in [0.25, 0.3) is 0 Å². The first-order valence-corrected chi connectivity index (χ1v) is 7.95. The van der Waals surface area contributed by atoms with Gasteiger partial charge in [-0.25, -0.2) is 0 Å². The Balaban J connectivity index is 2.21. The maximum atomic E-state index is 6.38. The summed E-state index contributed by atoms with van der Waals surface area (Å²) in [6.45, 7) is 7.48. The predicted octanol–water partition coefficient (Wildman–Crippen LogP) is 4.74. The van der Waals surface area contributed by atoms with E-state index in [0.29, 0.717) is 6.10 Å². The van der Waals surface area contributed by atoms with Crippen molar-refractivity contribution in [3.8, 4) is 5.75 Å². The van der Waals surface area contributed by atoms with E-state index in [1.54, 1.807) is 0 Å². The van der Waals surface area contributed by atoms with E-state index in [1.807, 2.05) is 0 Å². The minimum absolute atomic E-state index is 0.0855. The van der Waals surface area contributed by atoms with Crippen molar-refractivity contribution in [1.29, 1.82) is 0 Å². The zero-order valence-electron chi connectivity index (χ0n) is 12.0. The molecule has 1 fully saturated rings. The Bertz CT molecular complexity index is 429. The second-order valence-corrected chi connectivity index (χ2v) is 6.40. The largest absolute Gasteiger partial charge is 0.486 e. The Labute approximate surface area is 124 Å². The van der Waals surface area contributed by atoms with Crippen LogP contribution in [0.4, 0.5) is 0 Å². The quantitative estimate of drug-likeness (QED) is 0.675. The number of hydrogen-bond donors (Lipinski definition) is 0. The van der Waals surface area contributed by atoms with Crippen molar-refractivity contribution in [3.63, 3.8) is 0 Å². The third kappa shape index (κ3) is 3.96. The van der Waals surface area contributed by atoms with Crippen LogP contribution in [0.5, 0.6) is 5.75 Å². The van der Waals surface area contributed by atoms with Crippen LogP contribution in [0.15, 0.2) is 22.7 Å². The number of hydrogen-bond acceptors (Lipinski definition) is 2. The maximum absolute atomic E-state index is 6.38. The number of halogens is 1. The molecule has 0 amide bonds. The highest BCUT2D eigenvalue weighted by molar-refractivity contribution is 9.10. The molecule has 0 N–H and O–H groups in total. The summed E-state index contributed by atoms with van der Waals surface area (Å²) < 4.78 is 12.8. The topological polar surface area (TPSA) is 21.8 Å². The predicted molar refractivity (Wildman–Crippen MR) is 81.8 cm³/mol. The van der Waals surface area contributed by atoms with Gasteiger partial charge in [-0.15, -0.1) is 0 Å². The minimum Gasteiger partial charge on any atom is -0.486 e. The molecular formula is C16H23BrO2. The molecule has 0 spiro atoms. The maximum Gasteiger partial charge on any atom is 0.137 e. The van der Waals surface area contributed by atoms with E-state index in [1.165, 1.54) is 5.56 Å². The molecular weight excluding hydrogens is 304 g/mol. The molecule has 2 atom stereocenters. The standard InChI is InChI=1S/C16H23BrO2/c1-4-9-16(3,5-2)19-15-12(10-13-11-18-13)7-6-8-14(15)17/h6-8,13H,4-5,9-11H2,1-3H3. The van der Waals surface area contributed by atoms with Gasteiger partial charge in [-0.3, -0.25) is 0 Å². The lowest BCUT2D eigenvalue weighted by atomic mass is 9.96. The molecule has 2 unspecified atom stereocenters. The van der Waals surface area contributed by atoms with Crippen molar-refractivity contribution >= 4 is 15.9 Å². The van der Waals surface area contributed by atoms with Crippen LogP contribution in [0.1, 0.15) is 45.6 Å². The van der Waals surface area contributed by atoms with Gasteiger partial charge in [0.1, 0.15) is 11.4 Å². The number of rotatable bonds is 7. The monoisotopic (exact) mass is 326 g/mol. The fourth-order valence-corrected chi connectivity index (χ4v) is 2.82. The molecule has 19 heavy (non-hydrogen) atoms. The summed E-state index contributed by atoms with van der Waals surface area (Å²) in [5.41, 5.74) is 1.16. The van der Waals surface area contributed by atoms with Crippen LogP contribution in [0, 0.1) is 0 Å². The van der Waals surface area contributed by atoms with Crippen LogP contribution in [-0.2, 0) is 11.2 Å². The lowest BCUT2D eigenvalue weighted by molar-refractivity contribution is 0.0719. The van der Waals surface area contributed by atoms with Crippen molar-refractivity contribution in [1.82, 2.24) is 0 Å². The molecule has 0 radical (unpaired) electrons. The molecule has 1 aromatic carbocycles. The number of para-hydroxylation sites is 1. The molecule has 1 heterocycles. The number of benzene rings is 1. The molecule has 1 aliphatic rings. The highest BCUT2D eigenvalue weighted by Crippen LogP contribution is 2.36. The average Bonchev–Trinajstić information content (AvgIpc) is 3.18. The van der Waals surface area contributed by atoms with E-state index in [9.17, 15) is 0 Å². The summed E-state index contributed by atoms with van der Waals surface area (Å²) in [6, 6.07) is 6.26. The van der Waals surface area contributed by atoms with Crippen LogP contribution in [0.3, 0.4) is 0 Å². The molecule has 2 nitrogen and oxygen atoms in total. The Morgan fingerprint density at radius 1 is 1.42 bits per heavy atom. The summed E-state index contributed by atoms with van der Waals surface area (Å²) in [4.78, 5) is 0. The summed E-state index contributed by atoms with van der Waals surface area (Å²) in [7, 11) is 0. The Kier molecular flexibility index (Phi) is 4.91. The molecule has 1 aliphatic heterocycles. The molecule has 0 aromatic heterocycles. The summed E-state index contributed by atoms with van der Waals surface area (Å²) in [5.74, 6) is 0.996. The molecule has 3 heteroatoms. The fourth-order valence-electron chi connectivity index (χ4n) is 2.33. The van der Waals surface area contributed by atoms with E-state index in [2.05, 4.69) is 54.9 Å². The lowest BCUT2D eigenvalue weighted by Gasteiger charge is -2.31. The van der Waals surface area contributed by atoms with Crippen molar-refractivity contribution in [2.45, 2.75) is 58.2 Å². The zero-order valence-corrected chi connectivity index (χ0v) is 13.6. The summed E-state index contributed by atoms with van der Waals surface area (Å²) in [6.07, 6.45) is 4.55. The highest BCUT2D eigenvalue weighted by atomic mass is 79.9. The third-order valence-corrected chi connectivity index (χ3v) is 4.40. The number of epoxide rings is 1. The lowest BCUT2D eigenvalue weighted by Crippen LogP contribution is -2.31. The van der Waals surface area contributed by atoms with Gasteiger partial charge in [-0.2, -0.15) is 0 Å². The van der Waals surface area contributed by atoms with E-state index >= 15 is 0 Å². The number of ether oxygens (including phenoxy) is 2. The first-order chi connectivity index (χ1) is 9.08. The van der Waals surface area contributed by atoms with Crippen LogP contribution >= 0.6 is 15.9 Å². The van der Waals surface area contributed by atoms with Crippen LogP contribution < -0.4 is 4.74 Å². The smallest absolute Gasteiger partial charge is 0.137 e. The van der Waals surface area contributed by atoms with Crippen LogP contribution in [0.2, 0.25) is 0 Å². The first-order valence-electron chi connectivity index (χ1n) is 7.16. The second-order valence-electron chi connectivity index (χ2n) is 5.54. The Morgan fingerprint density at radius 2 is 2.16 bits per heavy atom. The Morgan fingerprint density at radius 3 is 2.74 bits per heavy atom. The van der Waals surface area contributed by atoms with Crippen molar-refractivity contribution in [3.05, 3.63) is 28.2 Å². The third-order valence-electron chi connectivity index (χ3n) is 3.77. The van der Waals surface area contributed by atoms with E-state index in [0.717, 1.165) is 42.5 Å². The molecule has 2 rings (SSSR count). The van der Waals surface area contributed by atoms with Crippen molar-refractivity contribution in [2.24, 2.45) is 0 Å². The van der Waals surface area contributed by atoms with Crippen LogP contribution in [-0.4, -0.2) is 18.3 Å². The SMILES string of the molecule is CCCC(C)(CC)Oc1c(Br)cccc1CC1CO1. The first kappa shape index (κ1) is 14.9. The molecule has 0 bridgehead atoms. The fraction of sp³-hybridized carbons (Fsp3) is 0.625. The summed E-state index contributed by atoms with van der Waals surface area (Å²) >= 11 is 3.62. The van der Waals surface area contributed by atoms with Gasteiger partial charge in [0.05, 0.1) is 17.2 Å². The highest BCUT2D eigenvalue weighted by Gasteiger charge is 2.28. The molecule has 1 aromatic rings. The van der Waals surface area contributed by atoms with Gasteiger partial charge < -0.3 is 9.47 Å². The molecule has 106 valence electrons. The Hall–Kier alpha value is -0.540. The van der Waals surface area contributed by atoms with E-state index < -0.39 is 0 Å². The van der Waals surface area contributed by atoms with Crippen molar-refractivity contribution < 1.29 is 9.47 Å².